The Hall–Kier alpha value is -1.33. The largest absolute Gasteiger partial charge is 0.477 e. The van der Waals surface area contributed by atoms with Crippen LogP contribution >= 0.6 is 11.3 Å². The number of nitrogens with zero attached hydrogens (tertiary/aromatic N) is 1. The zero-order valence-electron chi connectivity index (χ0n) is 9.26. The number of aromatic nitrogens is 1. The highest BCUT2D eigenvalue weighted by atomic mass is 32.1. The van der Waals surface area contributed by atoms with Crippen molar-refractivity contribution in [1.29, 1.82) is 0 Å². The fourth-order valence-electron chi connectivity index (χ4n) is 2.33. The lowest BCUT2D eigenvalue weighted by Gasteiger charge is -2.12. The second kappa shape index (κ2) is 4.16. The maximum atomic E-state index is 11.2. The molecular weight excluding hydrogens is 238 g/mol. The van der Waals surface area contributed by atoms with E-state index >= 15 is 0 Å². The fraction of sp³-hybridized carbons (Fsp3) is 0.417. The molecule has 0 saturated carbocycles. The molecule has 1 atom stereocenters. The SMILES string of the molecule is O=C(O)c1cc2ccsc2n1C[C@@H]1CCCO1. The van der Waals surface area contributed by atoms with Crippen LogP contribution in [0.2, 0.25) is 0 Å². The van der Waals surface area contributed by atoms with E-state index in [1.165, 1.54) is 0 Å². The van der Waals surface area contributed by atoms with Crippen LogP contribution in [0.1, 0.15) is 23.3 Å². The Bertz CT molecular complexity index is 551. The van der Waals surface area contributed by atoms with Crippen LogP contribution in [0.25, 0.3) is 10.2 Å². The van der Waals surface area contributed by atoms with Gasteiger partial charge >= 0.3 is 5.97 Å². The van der Waals surface area contributed by atoms with Gasteiger partial charge in [-0.2, -0.15) is 0 Å². The minimum Gasteiger partial charge on any atom is -0.477 e. The maximum absolute atomic E-state index is 11.2. The summed E-state index contributed by atoms with van der Waals surface area (Å²) >= 11 is 1.58. The molecule has 2 aromatic heterocycles. The van der Waals surface area contributed by atoms with Gasteiger partial charge in [0, 0.05) is 12.0 Å². The number of hydrogen-bond donors (Lipinski definition) is 1. The van der Waals surface area contributed by atoms with Crippen molar-refractivity contribution in [3.8, 4) is 0 Å². The first kappa shape index (κ1) is 10.8. The summed E-state index contributed by atoms with van der Waals surface area (Å²) in [6.07, 6.45) is 2.25. The summed E-state index contributed by atoms with van der Waals surface area (Å²) < 4.78 is 7.45. The van der Waals surface area contributed by atoms with Gasteiger partial charge in [-0.3, -0.25) is 0 Å². The van der Waals surface area contributed by atoms with Crippen molar-refractivity contribution < 1.29 is 14.6 Å². The van der Waals surface area contributed by atoms with E-state index in [9.17, 15) is 9.90 Å². The Morgan fingerprint density at radius 1 is 1.65 bits per heavy atom. The van der Waals surface area contributed by atoms with E-state index < -0.39 is 5.97 Å². The topological polar surface area (TPSA) is 51.5 Å². The standard InChI is InChI=1S/C12H13NO3S/c14-12(15)10-6-8-3-5-17-11(8)13(10)7-9-2-1-4-16-9/h3,5-6,9H,1-2,4,7H2,(H,14,15)/t9-/m0/s1. The van der Waals surface area contributed by atoms with Crippen LogP contribution in [0.3, 0.4) is 0 Å². The van der Waals surface area contributed by atoms with Gasteiger partial charge in [0.1, 0.15) is 10.5 Å². The third-order valence-electron chi connectivity index (χ3n) is 3.13. The van der Waals surface area contributed by atoms with E-state index in [-0.39, 0.29) is 6.10 Å². The lowest BCUT2D eigenvalue weighted by atomic mass is 10.2. The highest BCUT2D eigenvalue weighted by Gasteiger charge is 2.21. The van der Waals surface area contributed by atoms with Gasteiger partial charge in [-0.1, -0.05) is 0 Å². The first-order chi connectivity index (χ1) is 8.25. The lowest BCUT2D eigenvalue weighted by molar-refractivity contribution is 0.0673. The van der Waals surface area contributed by atoms with Gasteiger partial charge in [-0.25, -0.2) is 4.79 Å². The molecule has 0 aromatic carbocycles. The summed E-state index contributed by atoms with van der Waals surface area (Å²) in [5.74, 6) is -0.869. The zero-order chi connectivity index (χ0) is 11.8. The van der Waals surface area contributed by atoms with Crippen LogP contribution in [-0.2, 0) is 11.3 Å². The number of rotatable bonds is 3. The van der Waals surface area contributed by atoms with Crippen molar-refractivity contribution in [3.05, 3.63) is 23.2 Å². The van der Waals surface area contributed by atoms with Crippen molar-refractivity contribution in [1.82, 2.24) is 4.57 Å². The molecule has 0 spiro atoms. The summed E-state index contributed by atoms with van der Waals surface area (Å²) in [6, 6.07) is 3.70. The van der Waals surface area contributed by atoms with Crippen LogP contribution in [0, 0.1) is 0 Å². The molecule has 2 aromatic rings. The van der Waals surface area contributed by atoms with Gasteiger partial charge in [0.25, 0.3) is 0 Å². The van der Waals surface area contributed by atoms with Gasteiger partial charge in [-0.15, -0.1) is 11.3 Å². The van der Waals surface area contributed by atoms with Crippen molar-refractivity contribution >= 4 is 27.5 Å². The molecule has 3 rings (SSSR count). The Balaban J connectivity index is 2.01. The molecule has 0 unspecified atom stereocenters. The molecule has 3 heterocycles. The van der Waals surface area contributed by atoms with E-state index in [0.717, 1.165) is 29.7 Å². The Morgan fingerprint density at radius 3 is 3.24 bits per heavy atom. The van der Waals surface area contributed by atoms with Crippen LogP contribution in [0.4, 0.5) is 0 Å². The van der Waals surface area contributed by atoms with Crippen molar-refractivity contribution in [2.75, 3.05) is 6.61 Å². The minimum absolute atomic E-state index is 0.158. The lowest BCUT2D eigenvalue weighted by Crippen LogP contribution is -2.18. The number of fused-ring (bicyclic) bond motifs is 1. The average molecular weight is 251 g/mol. The highest BCUT2D eigenvalue weighted by molar-refractivity contribution is 7.16. The Morgan fingerprint density at radius 2 is 2.53 bits per heavy atom. The molecule has 1 saturated heterocycles. The van der Waals surface area contributed by atoms with Crippen LogP contribution in [0.15, 0.2) is 17.5 Å². The van der Waals surface area contributed by atoms with Gasteiger partial charge in [0.05, 0.1) is 12.6 Å². The number of hydrogen-bond acceptors (Lipinski definition) is 3. The number of carboxylic acids is 1. The number of carboxylic acid groups (broad SMARTS) is 1. The van der Waals surface area contributed by atoms with Crippen LogP contribution < -0.4 is 0 Å². The molecular formula is C12H13NO3S. The second-order valence-corrected chi connectivity index (χ2v) is 5.16. The predicted octanol–water partition coefficient (Wildman–Crippen LogP) is 2.58. The fourth-order valence-corrected chi connectivity index (χ4v) is 3.23. The molecule has 0 radical (unpaired) electrons. The molecule has 1 aliphatic rings. The molecule has 4 nitrogen and oxygen atoms in total. The second-order valence-electron chi connectivity index (χ2n) is 4.26. The average Bonchev–Trinajstić information content (AvgIpc) is 2.96. The summed E-state index contributed by atoms with van der Waals surface area (Å²) in [4.78, 5) is 12.2. The molecule has 1 N–H and O–H groups in total. The van der Waals surface area contributed by atoms with E-state index in [4.69, 9.17) is 4.74 Å². The van der Waals surface area contributed by atoms with Crippen LogP contribution in [-0.4, -0.2) is 28.4 Å². The number of thiophene rings is 1. The van der Waals surface area contributed by atoms with E-state index in [1.807, 2.05) is 16.0 Å². The smallest absolute Gasteiger partial charge is 0.352 e. The molecule has 1 aliphatic heterocycles. The van der Waals surface area contributed by atoms with E-state index in [2.05, 4.69) is 0 Å². The molecule has 17 heavy (non-hydrogen) atoms. The molecule has 0 aliphatic carbocycles. The molecule has 90 valence electrons. The third-order valence-corrected chi connectivity index (χ3v) is 4.08. The van der Waals surface area contributed by atoms with Crippen molar-refractivity contribution in [2.45, 2.75) is 25.5 Å². The normalized spacial score (nSPS) is 20.1. The van der Waals surface area contributed by atoms with Crippen molar-refractivity contribution in [3.63, 3.8) is 0 Å². The van der Waals surface area contributed by atoms with Gasteiger partial charge in [0.15, 0.2) is 0 Å². The Labute approximate surface area is 102 Å². The number of aromatic carboxylic acids is 1. The zero-order valence-corrected chi connectivity index (χ0v) is 10.1. The Kier molecular flexibility index (Phi) is 2.64. The number of carbonyl (C=O) groups is 1. The van der Waals surface area contributed by atoms with E-state index in [0.29, 0.717) is 12.2 Å². The summed E-state index contributed by atoms with van der Waals surface area (Å²) in [5.41, 5.74) is 0.363. The van der Waals surface area contributed by atoms with Gasteiger partial charge in [-0.05, 0) is 30.4 Å². The number of ether oxygens (including phenoxy) is 1. The van der Waals surface area contributed by atoms with Crippen molar-refractivity contribution in [2.24, 2.45) is 0 Å². The highest BCUT2D eigenvalue weighted by Crippen LogP contribution is 2.27. The molecule has 0 bridgehead atoms. The van der Waals surface area contributed by atoms with E-state index in [1.54, 1.807) is 17.4 Å². The van der Waals surface area contributed by atoms with Gasteiger partial charge < -0.3 is 14.4 Å². The quantitative estimate of drug-likeness (QED) is 0.912. The van der Waals surface area contributed by atoms with Gasteiger partial charge in [0.2, 0.25) is 0 Å². The monoisotopic (exact) mass is 251 g/mol. The first-order valence-electron chi connectivity index (χ1n) is 5.67. The minimum atomic E-state index is -0.869. The first-order valence-corrected chi connectivity index (χ1v) is 6.55. The van der Waals surface area contributed by atoms with Crippen LogP contribution in [0.5, 0.6) is 0 Å². The molecule has 0 amide bonds. The summed E-state index contributed by atoms with van der Waals surface area (Å²) in [6.45, 7) is 1.44. The summed E-state index contributed by atoms with van der Waals surface area (Å²) in [5, 5.41) is 12.2. The third kappa shape index (κ3) is 1.85. The summed E-state index contributed by atoms with van der Waals surface area (Å²) in [7, 11) is 0. The maximum Gasteiger partial charge on any atom is 0.352 e. The molecule has 5 heteroatoms. The molecule has 1 fully saturated rings. The predicted molar refractivity (Wildman–Crippen MR) is 65.7 cm³/mol.